The third-order valence-corrected chi connectivity index (χ3v) is 25.1. The first-order valence-electron chi connectivity index (χ1n) is 45.5. The quantitative estimate of drug-likeness (QED) is 0.106. The Kier molecular flexibility index (Phi) is 36.1. The number of imidazole rings is 1. The molecule has 2 N–H and O–H groups in total. The Labute approximate surface area is 751 Å². The van der Waals surface area contributed by atoms with E-state index in [1.54, 1.807) is 11.0 Å². The monoisotopic (exact) mass is 1710 g/mol. The highest BCUT2D eigenvalue weighted by molar-refractivity contribution is 7.05. The normalized spacial score (nSPS) is 16.5. The van der Waals surface area contributed by atoms with E-state index in [9.17, 15) is 9.59 Å². The predicted octanol–water partition coefficient (Wildman–Crippen LogP) is 28.9. The number of ether oxygens (including phenoxy) is 4. The fraction of sp³-hybridized carbons (Fsp3) is 0.444. The zero-order valence-electron chi connectivity index (χ0n) is 79.4. The van der Waals surface area contributed by atoms with Crippen molar-refractivity contribution >= 4 is 56.3 Å². The molecule has 13 aromatic rings. The first-order chi connectivity index (χ1) is 59.5. The van der Waals surface area contributed by atoms with Gasteiger partial charge in [-0.25, -0.2) is 4.98 Å². The van der Waals surface area contributed by atoms with E-state index in [4.69, 9.17) is 23.4 Å². The number of nitrogens with one attached hydrogen (secondary N) is 2. The summed E-state index contributed by atoms with van der Waals surface area (Å²) >= 11 is 1.46. The first kappa shape index (κ1) is 98.2. The van der Waals surface area contributed by atoms with E-state index in [1.165, 1.54) is 74.9 Å². The second kappa shape index (κ2) is 46.0. The highest BCUT2D eigenvalue weighted by atomic mass is 32.1. The van der Waals surface area contributed by atoms with Crippen LogP contribution in [0.2, 0.25) is 0 Å². The molecule has 0 radical (unpaired) electrons. The van der Waals surface area contributed by atoms with Crippen LogP contribution in [-0.4, -0.2) is 95.3 Å². The molecule has 5 aromatic heterocycles. The van der Waals surface area contributed by atoms with Crippen molar-refractivity contribution in [3.8, 4) is 34.9 Å². The second-order valence-corrected chi connectivity index (χ2v) is 38.5. The van der Waals surface area contributed by atoms with Gasteiger partial charge in [-0.15, -0.1) is 10.2 Å². The molecule has 5 fully saturated rings. The standard InChI is InChI=1S/C16H27NO2.C15H14O.C14H18N2O.C14H19NO.C13H16N2O.C13H15NOS.C11H14N2.C10H14.C2H6/c1-13(2)15-3-6-16(7-4-15,8-5-15)14(18)17-9-11-19-12-10-17;1-10(2)11-7-8-15-13(9-11)12-5-3-4-6-14(12)16-15;1-10(2)12-5-7-13(8-6-12)17-14-9-11(3)16(4)15-14;1-11(2)13-8-9-15(10-13)14(16)12-6-4-3-5-7-12;1-9(2)11-4-6-12(7-5-11)16-13-8-10(3)14-15-13;1-9(2)11-4-6-12(7-5-11)15-13-8-10(3)16-14-13;1-11(2,3)8-4-5-9-10(6-8)13-7-12-9;1-10(2,3)9-7-5-4-6-8-9;1-2/h13H,3-12H2,1-2H3;3-10H,1-2H3;5-10H,1-4H3;3-7,11,13H,8-10H2,1-2H3;4-9H,1-3H3,(H,14,15);4-9H,1-3H3;4-7H,1-3H3,(H,12,13);4-8H,1-3H3;1-2H3/t;;;13-;;;;;/m...1...../s1. The molecule has 2 saturated heterocycles. The van der Waals surface area contributed by atoms with Gasteiger partial charge < -0.3 is 38.1 Å². The van der Waals surface area contributed by atoms with Crippen LogP contribution < -0.4 is 14.2 Å². The molecule has 125 heavy (non-hydrogen) atoms. The number of nitrogens with zero attached hydrogens (tertiary/aromatic N) is 7. The Morgan fingerprint density at radius 2 is 1.02 bits per heavy atom. The van der Waals surface area contributed by atoms with Crippen molar-refractivity contribution in [3.05, 3.63) is 274 Å². The number of aromatic nitrogens is 7. The maximum Gasteiger partial charge on any atom is 0.253 e. The number of aromatic amines is 2. The Bertz CT molecular complexity index is 5250. The number of hydrogen-bond acceptors (Lipinski definition) is 12. The van der Waals surface area contributed by atoms with Gasteiger partial charge in [-0.2, -0.15) is 4.37 Å². The summed E-state index contributed by atoms with van der Waals surface area (Å²) in [6, 6.07) is 71.3. The van der Waals surface area contributed by atoms with Crippen LogP contribution in [-0.2, 0) is 27.4 Å². The number of carbonyl (C=O) groups excluding carboxylic acids is 2. The van der Waals surface area contributed by atoms with Crippen LogP contribution >= 0.6 is 11.5 Å². The number of carbonyl (C=O) groups is 2. The number of fused-ring (bicyclic) bond motifs is 7. The number of benzene rings is 8. The molecule has 2 aliphatic heterocycles. The summed E-state index contributed by atoms with van der Waals surface area (Å²) in [5.41, 5.74) is 16.1. The van der Waals surface area contributed by atoms with Crippen molar-refractivity contribution < 1.29 is 33.0 Å². The lowest BCUT2D eigenvalue weighted by Crippen LogP contribution is -2.54. The van der Waals surface area contributed by atoms with Crippen LogP contribution in [0.15, 0.2) is 223 Å². The van der Waals surface area contributed by atoms with Gasteiger partial charge in [0.1, 0.15) is 28.4 Å². The van der Waals surface area contributed by atoms with Gasteiger partial charge in [-0.05, 0) is 247 Å². The van der Waals surface area contributed by atoms with E-state index in [0.29, 0.717) is 69.9 Å². The van der Waals surface area contributed by atoms with E-state index in [0.717, 1.165) is 132 Å². The summed E-state index contributed by atoms with van der Waals surface area (Å²) in [5, 5.41) is 13.6. The lowest BCUT2D eigenvalue weighted by atomic mass is 9.50. The average Bonchev–Trinajstić information content (AvgIpc) is 1.72. The summed E-state index contributed by atoms with van der Waals surface area (Å²) < 4.78 is 34.1. The van der Waals surface area contributed by atoms with E-state index in [1.807, 2.05) is 144 Å². The molecule has 0 spiro atoms. The lowest BCUT2D eigenvalue weighted by Gasteiger charge is -2.55. The molecule has 2 amide bonds. The summed E-state index contributed by atoms with van der Waals surface area (Å²) in [6.45, 7) is 54.8. The molecule has 2 bridgehead atoms. The molecule has 16 nitrogen and oxygen atoms in total. The molecule has 18 rings (SSSR count). The minimum Gasteiger partial charge on any atom is -0.456 e. The van der Waals surface area contributed by atoms with Crippen molar-refractivity contribution in [2.75, 3.05) is 39.4 Å². The summed E-state index contributed by atoms with van der Waals surface area (Å²) in [4.78, 5) is 37.5. The van der Waals surface area contributed by atoms with Gasteiger partial charge in [-0.3, -0.25) is 19.4 Å². The van der Waals surface area contributed by atoms with Crippen LogP contribution in [0, 0.1) is 49.4 Å². The van der Waals surface area contributed by atoms with E-state index in [-0.39, 0.29) is 16.7 Å². The fourth-order valence-electron chi connectivity index (χ4n) is 15.8. The van der Waals surface area contributed by atoms with Crippen molar-refractivity contribution in [2.45, 2.75) is 239 Å². The van der Waals surface area contributed by atoms with Crippen LogP contribution in [0.3, 0.4) is 0 Å². The zero-order valence-corrected chi connectivity index (χ0v) is 80.2. The first-order valence-corrected chi connectivity index (χ1v) is 46.2. The highest BCUT2D eigenvalue weighted by Gasteiger charge is 2.54. The molecule has 7 heterocycles. The lowest BCUT2D eigenvalue weighted by molar-refractivity contribution is -0.157. The molecule has 5 aliphatic rings. The molecule has 17 heteroatoms. The average molecular weight is 1710 g/mol. The number of likely N-dealkylation sites (tertiary alicyclic amines) is 1. The van der Waals surface area contributed by atoms with E-state index < -0.39 is 0 Å². The van der Waals surface area contributed by atoms with Crippen LogP contribution in [0.1, 0.15) is 267 Å². The second-order valence-electron chi connectivity index (χ2n) is 37.5. The minimum atomic E-state index is -0.00597. The van der Waals surface area contributed by atoms with Crippen molar-refractivity contribution in [2.24, 2.45) is 35.6 Å². The van der Waals surface area contributed by atoms with Crippen molar-refractivity contribution in [1.82, 2.24) is 44.1 Å². The summed E-state index contributed by atoms with van der Waals surface area (Å²) in [7, 11) is 1.91. The highest BCUT2D eigenvalue weighted by Crippen LogP contribution is 2.60. The van der Waals surface area contributed by atoms with Crippen LogP contribution in [0.5, 0.6) is 34.9 Å². The molecular formula is C108H143N9O7S. The largest absolute Gasteiger partial charge is 0.456 e. The van der Waals surface area contributed by atoms with Gasteiger partial charge >= 0.3 is 0 Å². The Morgan fingerprint density at radius 1 is 0.512 bits per heavy atom. The number of furan rings is 1. The maximum absolute atomic E-state index is 12.9. The van der Waals surface area contributed by atoms with Gasteiger partial charge in [0.25, 0.3) is 5.91 Å². The minimum absolute atomic E-state index is 0.00597. The SMILES string of the molecule is CC.CC(C)(C)c1ccc2nc[nH]c2c1.CC(C)(C)c1ccccc1.CC(C)C12CCC(C(=O)N3CCOCC3)(CC1)CC2.CC(C)[C@@H]1CCN(C(=O)c2ccccc2)C1.CC(C)c1ccc2oc3ccccc3c2c1.Cc1cc(Oc2ccc(C(C)C)cc2)n[nH]1.Cc1cc(Oc2ccc(C(C)C)cc2)nn1C.Cc1cc(Oc2ccc(C(C)C)cc2)ns1. The molecular weight excluding hydrogens is 1570 g/mol. The Balaban J connectivity index is 0.000000162. The number of hydrogen-bond donors (Lipinski definition) is 2. The molecule has 0 unspecified atom stereocenters. The van der Waals surface area contributed by atoms with E-state index >= 15 is 0 Å². The Hall–Kier alpha value is -10.6. The molecule has 8 aromatic carbocycles. The smallest absolute Gasteiger partial charge is 0.253 e. The third-order valence-electron chi connectivity index (χ3n) is 24.4. The number of amides is 2. The van der Waals surface area contributed by atoms with Gasteiger partial charge in [-0.1, -0.05) is 254 Å². The number of para-hydroxylation sites is 1. The number of morpholine rings is 1. The van der Waals surface area contributed by atoms with Gasteiger partial charge in [0.2, 0.25) is 23.5 Å². The van der Waals surface area contributed by atoms with Crippen molar-refractivity contribution in [3.63, 3.8) is 0 Å². The maximum atomic E-state index is 12.9. The number of aryl methyl sites for hydroxylation is 4. The van der Waals surface area contributed by atoms with Crippen molar-refractivity contribution in [1.29, 1.82) is 0 Å². The third kappa shape index (κ3) is 28.4. The number of rotatable bonds is 14. The number of H-pyrrole nitrogens is 2. The predicted molar refractivity (Wildman–Crippen MR) is 519 cm³/mol. The van der Waals surface area contributed by atoms with E-state index in [2.05, 4.69) is 274 Å². The molecule has 1 atom stereocenters. The van der Waals surface area contributed by atoms with Gasteiger partial charge in [0.05, 0.1) is 30.6 Å². The zero-order chi connectivity index (χ0) is 90.8. The van der Waals surface area contributed by atoms with Crippen LogP contribution in [0.4, 0.5) is 0 Å². The topological polar surface area (TPSA) is 179 Å². The van der Waals surface area contributed by atoms with Gasteiger partial charge in [0, 0.05) is 89.4 Å². The van der Waals surface area contributed by atoms with Gasteiger partial charge in [0.15, 0.2) is 0 Å². The molecule has 668 valence electrons. The molecule has 3 saturated carbocycles. The molecule has 3 aliphatic carbocycles. The summed E-state index contributed by atoms with van der Waals surface area (Å²) in [5.74, 6) is 9.34. The summed E-state index contributed by atoms with van der Waals surface area (Å²) in [6.07, 6.45) is 10.1. The van der Waals surface area contributed by atoms with Crippen LogP contribution in [0.25, 0.3) is 33.0 Å². The Morgan fingerprint density at radius 3 is 1.48 bits per heavy atom. The fourth-order valence-corrected chi connectivity index (χ4v) is 16.2.